The van der Waals surface area contributed by atoms with Gasteiger partial charge in [-0.25, -0.2) is 4.79 Å². The van der Waals surface area contributed by atoms with E-state index in [0.29, 0.717) is 22.7 Å². The van der Waals surface area contributed by atoms with Crippen molar-refractivity contribution in [1.29, 1.82) is 0 Å². The van der Waals surface area contributed by atoms with Crippen molar-refractivity contribution in [3.8, 4) is 0 Å². The molecule has 1 aromatic rings. The predicted molar refractivity (Wildman–Crippen MR) is 99.2 cm³/mol. The molecule has 1 aromatic carbocycles. The fraction of sp³-hybridized carbons (Fsp3) is 0.500. The average Bonchev–Trinajstić information content (AvgIpc) is 2.95. The van der Waals surface area contributed by atoms with Crippen molar-refractivity contribution in [2.24, 2.45) is 0 Å². The number of hydrogen-bond acceptors (Lipinski definition) is 6. The van der Waals surface area contributed by atoms with Crippen LogP contribution in [0, 0.1) is 0 Å². The number of carbonyl (C=O) groups is 4. The first-order valence-corrected chi connectivity index (χ1v) is 9.39. The van der Waals surface area contributed by atoms with Crippen LogP contribution in [0.25, 0.3) is 0 Å². The molecule has 0 saturated carbocycles. The lowest BCUT2D eigenvalue weighted by atomic mass is 9.91. The number of ketones is 1. The Hall–Kier alpha value is -2.70. The minimum Gasteiger partial charge on any atom is -0.399 e. The van der Waals surface area contributed by atoms with Crippen molar-refractivity contribution in [2.75, 3.05) is 5.73 Å². The maximum absolute atomic E-state index is 12.7. The Labute approximate surface area is 158 Å². The quantitative estimate of drug-likeness (QED) is 0.292. The number of nitrogens with two attached hydrogens (primary N) is 1. The largest absolute Gasteiger partial charge is 0.399 e. The zero-order valence-corrected chi connectivity index (χ0v) is 15.6. The summed E-state index contributed by atoms with van der Waals surface area (Å²) >= 11 is 0. The molecule has 0 bridgehead atoms. The summed E-state index contributed by atoms with van der Waals surface area (Å²) in [6.07, 6.45) is 5.08. The van der Waals surface area contributed by atoms with E-state index in [-0.39, 0.29) is 25.0 Å². The Balaban J connectivity index is 2.10. The number of carbonyl (C=O) groups excluding carboxylic acids is 4. The molecule has 146 valence electrons. The first kappa shape index (κ1) is 20.6. The summed E-state index contributed by atoms with van der Waals surface area (Å²) < 4.78 is 0. The molecule has 0 radical (unpaired) electrons. The topological polar surface area (TPSA) is 107 Å². The van der Waals surface area contributed by atoms with E-state index >= 15 is 0 Å². The Morgan fingerprint density at radius 3 is 2.22 bits per heavy atom. The highest BCUT2D eigenvalue weighted by Gasteiger charge is 2.37. The third-order valence-electron chi connectivity index (χ3n) is 4.54. The third kappa shape index (κ3) is 5.64. The molecule has 2 amide bonds. The van der Waals surface area contributed by atoms with Gasteiger partial charge in [0.05, 0.1) is 0 Å². The van der Waals surface area contributed by atoms with Crippen LogP contribution < -0.4 is 5.73 Å². The summed E-state index contributed by atoms with van der Waals surface area (Å²) in [5, 5.41) is 0.473. The van der Waals surface area contributed by atoms with Crippen LogP contribution >= 0.6 is 0 Å². The minimum absolute atomic E-state index is 0.00399. The number of imide groups is 1. The molecular formula is C20H26N2O5. The highest BCUT2D eigenvalue weighted by atomic mass is 16.7. The van der Waals surface area contributed by atoms with Gasteiger partial charge >= 0.3 is 5.97 Å². The number of hydrogen-bond donors (Lipinski definition) is 1. The van der Waals surface area contributed by atoms with Crippen LogP contribution in [0.4, 0.5) is 5.69 Å². The second-order valence-electron chi connectivity index (χ2n) is 6.72. The van der Waals surface area contributed by atoms with Gasteiger partial charge in [0, 0.05) is 24.9 Å². The van der Waals surface area contributed by atoms with Crippen LogP contribution in [0.2, 0.25) is 0 Å². The lowest BCUT2D eigenvalue weighted by Crippen LogP contribution is -2.36. The summed E-state index contributed by atoms with van der Waals surface area (Å²) in [6.45, 7) is 2.11. The van der Waals surface area contributed by atoms with Crippen LogP contribution in [-0.4, -0.2) is 28.6 Å². The zero-order valence-electron chi connectivity index (χ0n) is 15.6. The van der Waals surface area contributed by atoms with Gasteiger partial charge in [-0.3, -0.25) is 14.4 Å². The molecule has 2 rings (SSSR count). The highest BCUT2D eigenvalue weighted by Crippen LogP contribution is 2.24. The first-order chi connectivity index (χ1) is 12.9. The average molecular weight is 374 g/mol. The smallest absolute Gasteiger partial charge is 0.348 e. The van der Waals surface area contributed by atoms with E-state index in [0.717, 1.165) is 25.7 Å². The van der Waals surface area contributed by atoms with Crippen molar-refractivity contribution in [3.05, 3.63) is 29.8 Å². The SMILES string of the molecule is CCCCCCCC(=O)C(C(=O)ON1C(=O)CCC1=O)c1ccc(N)cc1. The van der Waals surface area contributed by atoms with E-state index in [1.54, 1.807) is 24.3 Å². The van der Waals surface area contributed by atoms with Gasteiger partial charge in [0.2, 0.25) is 0 Å². The third-order valence-corrected chi connectivity index (χ3v) is 4.54. The molecule has 27 heavy (non-hydrogen) atoms. The van der Waals surface area contributed by atoms with Gasteiger partial charge in [-0.1, -0.05) is 44.7 Å². The second-order valence-corrected chi connectivity index (χ2v) is 6.72. The number of benzene rings is 1. The van der Waals surface area contributed by atoms with Crippen molar-refractivity contribution in [1.82, 2.24) is 5.06 Å². The molecule has 1 unspecified atom stereocenters. The fourth-order valence-corrected chi connectivity index (χ4v) is 2.99. The van der Waals surface area contributed by atoms with Gasteiger partial charge < -0.3 is 10.6 Å². The molecule has 2 N–H and O–H groups in total. The maximum Gasteiger partial charge on any atom is 0.348 e. The van der Waals surface area contributed by atoms with Crippen LogP contribution in [0.3, 0.4) is 0 Å². The molecular weight excluding hydrogens is 348 g/mol. The fourth-order valence-electron chi connectivity index (χ4n) is 2.99. The van der Waals surface area contributed by atoms with Crippen LogP contribution in [0.1, 0.15) is 69.8 Å². The van der Waals surface area contributed by atoms with Crippen molar-refractivity contribution in [2.45, 2.75) is 64.2 Å². The van der Waals surface area contributed by atoms with Gasteiger partial charge in [0.15, 0.2) is 5.78 Å². The minimum atomic E-state index is -1.18. The number of Topliss-reactive ketones (excluding diaryl/α,β-unsaturated/α-hetero) is 1. The summed E-state index contributed by atoms with van der Waals surface area (Å²) in [5.41, 5.74) is 6.62. The molecule has 7 heteroatoms. The summed E-state index contributed by atoms with van der Waals surface area (Å²) in [7, 11) is 0. The molecule has 1 aliphatic rings. The van der Waals surface area contributed by atoms with Gasteiger partial charge in [0.1, 0.15) is 5.92 Å². The number of amides is 2. The molecule has 0 aromatic heterocycles. The van der Waals surface area contributed by atoms with E-state index in [1.807, 2.05) is 0 Å². The predicted octanol–water partition coefficient (Wildman–Crippen LogP) is 2.89. The normalized spacial score (nSPS) is 15.1. The molecule has 0 spiro atoms. The molecule has 0 aliphatic carbocycles. The zero-order chi connectivity index (χ0) is 19.8. The second kappa shape index (κ2) is 9.85. The molecule has 1 saturated heterocycles. The van der Waals surface area contributed by atoms with Gasteiger partial charge in [0.25, 0.3) is 11.8 Å². The molecule has 1 aliphatic heterocycles. The Morgan fingerprint density at radius 1 is 1.04 bits per heavy atom. The lowest BCUT2D eigenvalue weighted by Gasteiger charge is -2.19. The van der Waals surface area contributed by atoms with Crippen LogP contribution in [-0.2, 0) is 24.0 Å². The molecule has 1 heterocycles. The summed E-state index contributed by atoms with van der Waals surface area (Å²) in [6, 6.07) is 6.36. The van der Waals surface area contributed by atoms with Crippen molar-refractivity contribution >= 4 is 29.3 Å². The van der Waals surface area contributed by atoms with Gasteiger partial charge in [-0.05, 0) is 24.1 Å². The summed E-state index contributed by atoms with van der Waals surface area (Å²) in [5.74, 6) is -3.53. The monoisotopic (exact) mass is 374 g/mol. The lowest BCUT2D eigenvalue weighted by molar-refractivity contribution is -0.198. The Kier molecular flexibility index (Phi) is 7.52. The van der Waals surface area contributed by atoms with E-state index < -0.39 is 23.7 Å². The van der Waals surface area contributed by atoms with Gasteiger partial charge in [-0.15, -0.1) is 5.06 Å². The van der Waals surface area contributed by atoms with Crippen molar-refractivity contribution < 1.29 is 24.0 Å². The van der Waals surface area contributed by atoms with Gasteiger partial charge in [-0.2, -0.15) is 0 Å². The van der Waals surface area contributed by atoms with Crippen LogP contribution in [0.5, 0.6) is 0 Å². The van der Waals surface area contributed by atoms with Crippen LogP contribution in [0.15, 0.2) is 24.3 Å². The Bertz CT molecular complexity index is 683. The standard InChI is InChI=1S/C20H26N2O5/c1-2-3-4-5-6-7-16(23)19(14-8-10-15(21)11-9-14)20(26)27-22-17(24)12-13-18(22)25/h8-11,19H,2-7,12-13,21H2,1H3. The number of unbranched alkanes of at least 4 members (excludes halogenated alkanes) is 4. The van der Waals surface area contributed by atoms with Crippen molar-refractivity contribution in [3.63, 3.8) is 0 Å². The number of nitrogens with zero attached hydrogens (tertiary/aromatic N) is 1. The molecule has 1 atom stereocenters. The van der Waals surface area contributed by atoms with E-state index in [9.17, 15) is 19.2 Å². The molecule has 1 fully saturated rings. The first-order valence-electron chi connectivity index (χ1n) is 9.39. The number of rotatable bonds is 10. The van der Waals surface area contributed by atoms with E-state index in [4.69, 9.17) is 10.6 Å². The number of hydroxylamine groups is 2. The molecule has 7 nitrogen and oxygen atoms in total. The number of anilines is 1. The Morgan fingerprint density at radius 2 is 1.63 bits per heavy atom. The van der Waals surface area contributed by atoms with E-state index in [2.05, 4.69) is 6.92 Å². The number of nitrogen functional groups attached to an aromatic ring is 1. The summed E-state index contributed by atoms with van der Waals surface area (Å²) in [4.78, 5) is 53.7. The maximum atomic E-state index is 12.7. The highest BCUT2D eigenvalue weighted by molar-refractivity contribution is 6.06. The van der Waals surface area contributed by atoms with E-state index in [1.165, 1.54) is 0 Å².